The second-order valence-corrected chi connectivity index (χ2v) is 12.4. The van der Waals surface area contributed by atoms with E-state index in [0.717, 1.165) is 38.5 Å². The molecule has 4 aliphatic rings. The molecule has 0 aromatic heterocycles. The van der Waals surface area contributed by atoms with Crippen LogP contribution in [0.1, 0.15) is 79.6 Å². The molecule has 4 saturated carbocycles. The lowest BCUT2D eigenvalue weighted by atomic mass is 9.44. The van der Waals surface area contributed by atoms with Gasteiger partial charge in [0, 0.05) is 19.3 Å². The lowest BCUT2D eigenvalue weighted by Gasteiger charge is -2.65. The van der Waals surface area contributed by atoms with Crippen molar-refractivity contribution < 1.29 is 14.3 Å². The zero-order valence-electron chi connectivity index (χ0n) is 18.5. The second-order valence-electron chi connectivity index (χ2n) is 11.2. The molecule has 0 radical (unpaired) electrons. The first kappa shape index (κ1) is 21.9. The van der Waals surface area contributed by atoms with Crippen molar-refractivity contribution in [1.82, 2.24) is 0 Å². The third-order valence-electron chi connectivity index (χ3n) is 9.80. The van der Waals surface area contributed by atoms with Gasteiger partial charge in [0.25, 0.3) is 0 Å². The molecule has 164 valence electrons. The molecule has 0 bridgehead atoms. The first-order valence-corrected chi connectivity index (χ1v) is 12.3. The smallest absolute Gasteiger partial charge is 0.302 e. The van der Waals surface area contributed by atoms with E-state index in [1.807, 2.05) is 0 Å². The fourth-order valence-corrected chi connectivity index (χ4v) is 9.75. The molecular weight excluding hydrogens is 407 g/mol. The summed E-state index contributed by atoms with van der Waals surface area (Å²) < 4.78 is 5.56. The molecule has 3 nitrogen and oxygen atoms in total. The van der Waals surface area contributed by atoms with Crippen molar-refractivity contribution >= 4 is 35.0 Å². The van der Waals surface area contributed by atoms with Crippen LogP contribution in [0.25, 0.3) is 0 Å². The lowest BCUT2D eigenvalue weighted by molar-refractivity contribution is -0.157. The summed E-state index contributed by atoms with van der Waals surface area (Å²) in [5.74, 6) is 2.37. The SMILES string of the molecule is CC(=O)O[C@@H]1CC[C@]2(C)[C@@H]3CC[C@@]4(C)[C@H](C[C@H](C)[C@@H]4C(C)=O)[C@H]3C[C@@H](Cl)[C@@]2(Cl)C1. The van der Waals surface area contributed by atoms with Gasteiger partial charge in [-0.15, -0.1) is 23.2 Å². The van der Waals surface area contributed by atoms with Gasteiger partial charge in [0.05, 0.1) is 10.3 Å². The Hall–Kier alpha value is -0.280. The largest absolute Gasteiger partial charge is 0.462 e. The Bertz CT molecular complexity index is 710. The van der Waals surface area contributed by atoms with E-state index in [2.05, 4.69) is 20.8 Å². The highest BCUT2D eigenvalue weighted by atomic mass is 35.5. The van der Waals surface area contributed by atoms with Gasteiger partial charge in [0.2, 0.25) is 0 Å². The highest BCUT2D eigenvalue weighted by molar-refractivity contribution is 6.33. The maximum Gasteiger partial charge on any atom is 0.302 e. The standard InChI is InChI=1S/C24H36Cl2O3/c1-13-10-19-17-11-20(25)24(26)12-16(29-15(3)28)6-9-23(24,5)18(17)7-8-22(19,4)21(13)14(2)27/h13,16-21H,6-12H2,1-5H3/t13-,16+,17-,18+,19+,20+,21+,22-,23+,24-/m0/s1. The summed E-state index contributed by atoms with van der Waals surface area (Å²) in [5, 5.41) is -0.136. The molecule has 4 aliphatic carbocycles. The van der Waals surface area contributed by atoms with E-state index in [4.69, 9.17) is 27.9 Å². The lowest BCUT2D eigenvalue weighted by Crippen LogP contribution is -2.65. The molecule has 0 saturated heterocycles. The van der Waals surface area contributed by atoms with Gasteiger partial charge in [-0.05, 0) is 80.0 Å². The minimum atomic E-state index is -0.536. The number of carbonyl (C=O) groups is 2. The molecule has 0 aromatic rings. The van der Waals surface area contributed by atoms with Crippen molar-refractivity contribution in [2.45, 2.75) is 95.9 Å². The number of Topliss-reactive ketones (excluding diaryl/α,β-unsaturated/α-hetero) is 1. The molecule has 4 fully saturated rings. The number of alkyl halides is 2. The molecule has 0 amide bonds. The average molecular weight is 443 g/mol. The first-order chi connectivity index (χ1) is 13.4. The van der Waals surface area contributed by atoms with Crippen LogP contribution in [0.5, 0.6) is 0 Å². The van der Waals surface area contributed by atoms with Gasteiger partial charge < -0.3 is 4.74 Å². The molecule has 5 heteroatoms. The Labute approximate surface area is 185 Å². The van der Waals surface area contributed by atoms with E-state index in [9.17, 15) is 9.59 Å². The number of halogens is 2. The van der Waals surface area contributed by atoms with Crippen LogP contribution in [0.2, 0.25) is 0 Å². The molecule has 0 heterocycles. The van der Waals surface area contributed by atoms with Gasteiger partial charge in [0.15, 0.2) is 0 Å². The summed E-state index contributed by atoms with van der Waals surface area (Å²) in [5.41, 5.74) is 0.0417. The summed E-state index contributed by atoms with van der Waals surface area (Å²) in [6.07, 6.45) is 6.62. The third kappa shape index (κ3) is 3.04. The van der Waals surface area contributed by atoms with E-state index in [1.54, 1.807) is 6.92 Å². The summed E-state index contributed by atoms with van der Waals surface area (Å²) in [6, 6.07) is 0. The van der Waals surface area contributed by atoms with E-state index in [1.165, 1.54) is 6.92 Å². The number of fused-ring (bicyclic) bond motifs is 5. The van der Waals surface area contributed by atoms with Crippen molar-refractivity contribution in [3.8, 4) is 0 Å². The fraction of sp³-hybridized carbons (Fsp3) is 0.917. The van der Waals surface area contributed by atoms with Crippen molar-refractivity contribution in [1.29, 1.82) is 0 Å². The summed E-state index contributed by atoms with van der Waals surface area (Å²) in [7, 11) is 0. The Morgan fingerprint density at radius 1 is 1.03 bits per heavy atom. The minimum absolute atomic E-state index is 0.0561. The van der Waals surface area contributed by atoms with Crippen LogP contribution in [0.3, 0.4) is 0 Å². The molecule has 10 atom stereocenters. The highest BCUT2D eigenvalue weighted by Gasteiger charge is 2.68. The zero-order valence-corrected chi connectivity index (χ0v) is 20.0. The maximum absolute atomic E-state index is 12.5. The highest BCUT2D eigenvalue weighted by Crippen LogP contribution is 2.71. The number of esters is 1. The monoisotopic (exact) mass is 442 g/mol. The molecule has 0 aliphatic heterocycles. The fourth-order valence-electron chi connectivity index (χ4n) is 8.71. The van der Waals surface area contributed by atoms with Crippen LogP contribution in [0.15, 0.2) is 0 Å². The number of ketones is 1. The van der Waals surface area contributed by atoms with E-state index < -0.39 is 4.87 Å². The van der Waals surface area contributed by atoms with Crippen molar-refractivity contribution in [3.63, 3.8) is 0 Å². The van der Waals surface area contributed by atoms with Gasteiger partial charge in [-0.3, -0.25) is 9.59 Å². The molecule has 0 N–H and O–H groups in total. The van der Waals surface area contributed by atoms with Crippen LogP contribution in [0, 0.1) is 40.4 Å². The average Bonchev–Trinajstić information content (AvgIpc) is 2.87. The zero-order chi connectivity index (χ0) is 21.4. The minimum Gasteiger partial charge on any atom is -0.462 e. The normalized spacial score (nSPS) is 54.1. The maximum atomic E-state index is 12.5. The number of hydrogen-bond acceptors (Lipinski definition) is 3. The number of rotatable bonds is 2. The molecule has 0 aromatic carbocycles. The predicted octanol–water partition coefficient (Wildman–Crippen LogP) is 5.99. The van der Waals surface area contributed by atoms with Gasteiger partial charge >= 0.3 is 5.97 Å². The summed E-state index contributed by atoms with van der Waals surface area (Å²) in [6.45, 7) is 10.2. The van der Waals surface area contributed by atoms with Crippen LogP contribution in [0.4, 0.5) is 0 Å². The number of hydrogen-bond donors (Lipinski definition) is 0. The third-order valence-corrected chi connectivity index (χ3v) is 11.3. The van der Waals surface area contributed by atoms with E-state index >= 15 is 0 Å². The van der Waals surface area contributed by atoms with Crippen molar-refractivity contribution in [3.05, 3.63) is 0 Å². The molecule has 0 spiro atoms. The van der Waals surface area contributed by atoms with Crippen molar-refractivity contribution in [2.24, 2.45) is 40.4 Å². The van der Waals surface area contributed by atoms with Gasteiger partial charge in [-0.1, -0.05) is 20.8 Å². The van der Waals surface area contributed by atoms with Crippen LogP contribution < -0.4 is 0 Å². The van der Waals surface area contributed by atoms with Crippen LogP contribution in [-0.4, -0.2) is 28.1 Å². The van der Waals surface area contributed by atoms with E-state index in [0.29, 0.717) is 35.9 Å². The van der Waals surface area contributed by atoms with Crippen molar-refractivity contribution in [2.75, 3.05) is 0 Å². The molecule has 29 heavy (non-hydrogen) atoms. The first-order valence-electron chi connectivity index (χ1n) is 11.4. The van der Waals surface area contributed by atoms with Crippen LogP contribution in [-0.2, 0) is 14.3 Å². The predicted molar refractivity (Wildman–Crippen MR) is 116 cm³/mol. The Morgan fingerprint density at radius 3 is 2.34 bits per heavy atom. The Kier molecular flexibility index (Phi) is 5.39. The van der Waals surface area contributed by atoms with Gasteiger partial charge in [-0.25, -0.2) is 0 Å². The van der Waals surface area contributed by atoms with Gasteiger partial charge in [0.1, 0.15) is 11.9 Å². The molecule has 4 rings (SSSR count). The Morgan fingerprint density at radius 2 is 1.72 bits per heavy atom. The molecular formula is C24H36Cl2O3. The van der Waals surface area contributed by atoms with E-state index in [-0.39, 0.29) is 34.2 Å². The number of carbonyl (C=O) groups excluding carboxylic acids is 2. The molecule has 0 unspecified atom stereocenters. The van der Waals surface area contributed by atoms with Gasteiger partial charge in [-0.2, -0.15) is 0 Å². The quantitative estimate of drug-likeness (QED) is 0.389. The number of ether oxygens (including phenoxy) is 1. The topological polar surface area (TPSA) is 43.4 Å². The Balaban J connectivity index is 1.65. The van der Waals surface area contributed by atoms with Crippen LogP contribution >= 0.6 is 23.2 Å². The second kappa shape index (κ2) is 7.12. The summed E-state index contributed by atoms with van der Waals surface area (Å²) in [4.78, 5) is 23.5. The summed E-state index contributed by atoms with van der Waals surface area (Å²) >= 11 is 14.4.